The lowest BCUT2D eigenvalue weighted by molar-refractivity contribution is 0.00578. The lowest BCUT2D eigenvalue weighted by atomic mass is 9.65. The van der Waals surface area contributed by atoms with E-state index in [0.29, 0.717) is 44.3 Å². The lowest BCUT2D eigenvalue weighted by Crippen LogP contribution is -2.41. The first-order valence-corrected chi connectivity index (χ1v) is 20.5. The summed E-state index contributed by atoms with van der Waals surface area (Å²) in [5.74, 6) is 0.242. The minimum atomic E-state index is -0.691. The van der Waals surface area contributed by atoms with Crippen molar-refractivity contribution in [3.05, 3.63) is 76.9 Å². The summed E-state index contributed by atoms with van der Waals surface area (Å²) in [6.45, 7) is 25.6. The van der Waals surface area contributed by atoms with E-state index in [1.54, 1.807) is 7.11 Å². The smallest absolute Gasteiger partial charge is 0.490 e. The van der Waals surface area contributed by atoms with Crippen molar-refractivity contribution in [1.82, 2.24) is 0 Å². The van der Waals surface area contributed by atoms with Gasteiger partial charge in [0.2, 0.25) is 0 Å². The molecule has 57 heavy (non-hydrogen) atoms. The molecule has 12 heteroatoms. The Kier molecular flexibility index (Phi) is 12.8. The first-order valence-electron chi connectivity index (χ1n) is 20.5. The van der Waals surface area contributed by atoms with Gasteiger partial charge in [-0.2, -0.15) is 0 Å². The van der Waals surface area contributed by atoms with Crippen LogP contribution in [0.3, 0.4) is 0 Å². The van der Waals surface area contributed by atoms with Crippen molar-refractivity contribution in [1.29, 1.82) is 0 Å². The summed E-state index contributed by atoms with van der Waals surface area (Å²) < 4.78 is 54.5. The maximum atomic E-state index is 13.8. The fourth-order valence-electron chi connectivity index (χ4n) is 7.92. The topological polar surface area (TPSA) is 100 Å². The molecular formula is C45H62B2O10. The van der Waals surface area contributed by atoms with Crippen LogP contribution in [-0.2, 0) is 43.0 Å². The summed E-state index contributed by atoms with van der Waals surface area (Å²) in [4.78, 5) is 13.8. The van der Waals surface area contributed by atoms with Crippen LogP contribution in [0.5, 0.6) is 5.75 Å². The molecule has 2 fully saturated rings. The van der Waals surface area contributed by atoms with E-state index < -0.39 is 48.0 Å². The van der Waals surface area contributed by atoms with Crippen molar-refractivity contribution in [3.8, 4) is 16.9 Å². The van der Waals surface area contributed by atoms with Crippen molar-refractivity contribution in [2.24, 2.45) is 5.92 Å². The van der Waals surface area contributed by atoms with Gasteiger partial charge in [-0.3, -0.25) is 0 Å². The maximum absolute atomic E-state index is 13.8. The first kappa shape index (κ1) is 43.4. The highest BCUT2D eigenvalue weighted by Crippen LogP contribution is 2.56. The van der Waals surface area contributed by atoms with Gasteiger partial charge in [-0.05, 0) is 126 Å². The van der Waals surface area contributed by atoms with Gasteiger partial charge in [0, 0.05) is 12.5 Å². The summed E-state index contributed by atoms with van der Waals surface area (Å²) in [5.41, 5.74) is 4.97. The maximum Gasteiger partial charge on any atom is 0.494 e. The second-order valence-electron chi connectivity index (χ2n) is 17.8. The van der Waals surface area contributed by atoms with Crippen LogP contribution in [0.15, 0.2) is 54.6 Å². The van der Waals surface area contributed by atoms with E-state index in [-0.39, 0.29) is 19.1 Å². The highest BCUT2D eigenvalue weighted by atomic mass is 16.7. The van der Waals surface area contributed by atoms with E-state index in [2.05, 4.69) is 112 Å². The normalized spacial score (nSPS) is 19.5. The summed E-state index contributed by atoms with van der Waals surface area (Å²) in [6.07, 6.45) is 0.745. The third-order valence-corrected chi connectivity index (χ3v) is 12.3. The number of ether oxygens (including phenoxy) is 5. The number of esters is 1. The van der Waals surface area contributed by atoms with Gasteiger partial charge in [0.05, 0.1) is 62.0 Å². The summed E-state index contributed by atoms with van der Waals surface area (Å²) in [7, 11) is 0.541. The van der Waals surface area contributed by atoms with Gasteiger partial charge in [0.25, 0.3) is 0 Å². The summed E-state index contributed by atoms with van der Waals surface area (Å²) >= 11 is 0. The summed E-state index contributed by atoms with van der Waals surface area (Å²) in [6, 6.07) is 19.1. The van der Waals surface area contributed by atoms with Crippen molar-refractivity contribution in [2.45, 2.75) is 110 Å². The molecule has 0 unspecified atom stereocenters. The molecule has 1 aliphatic carbocycles. The molecule has 2 aliphatic heterocycles. The zero-order chi connectivity index (χ0) is 41.4. The quantitative estimate of drug-likeness (QED) is 0.0819. The number of methoxy groups -OCH3 is 1. The average Bonchev–Trinajstić information content (AvgIpc) is 3.64. The molecule has 6 rings (SSSR count). The SMILES string of the molecule is CCOC(=O)c1cc(C2(CC(C)C)c3cc(B4OC(C)(C)C(C)(C)O4)ccc3-c3ccc(B4OC(C)(C)C(C)(C)O4)cc32)ccc1OCCOCCOCCOC. The van der Waals surface area contributed by atoms with E-state index in [1.807, 2.05) is 19.1 Å². The number of fused-ring (bicyclic) bond motifs is 3. The lowest BCUT2D eigenvalue weighted by Gasteiger charge is -2.36. The molecule has 0 bridgehead atoms. The molecule has 0 amide bonds. The minimum Gasteiger partial charge on any atom is -0.490 e. The van der Waals surface area contributed by atoms with Crippen molar-refractivity contribution in [3.63, 3.8) is 0 Å². The molecule has 308 valence electrons. The van der Waals surface area contributed by atoms with Gasteiger partial charge in [-0.1, -0.05) is 56.3 Å². The zero-order valence-electron chi connectivity index (χ0n) is 36.2. The van der Waals surface area contributed by atoms with Gasteiger partial charge in [-0.25, -0.2) is 4.79 Å². The predicted molar refractivity (Wildman–Crippen MR) is 224 cm³/mol. The van der Waals surface area contributed by atoms with Crippen LogP contribution in [0.4, 0.5) is 0 Å². The molecule has 0 saturated carbocycles. The minimum absolute atomic E-state index is 0.229. The summed E-state index contributed by atoms with van der Waals surface area (Å²) in [5, 5.41) is 0. The van der Waals surface area contributed by atoms with Gasteiger partial charge in [-0.15, -0.1) is 0 Å². The Bertz CT molecular complexity index is 1790. The Hall–Kier alpha value is -3.22. The van der Waals surface area contributed by atoms with E-state index in [9.17, 15) is 4.79 Å². The number of rotatable bonds is 17. The van der Waals surface area contributed by atoms with Crippen molar-refractivity contribution in [2.75, 3.05) is 53.4 Å². The Morgan fingerprint density at radius 3 is 1.58 bits per heavy atom. The standard InChI is InChI=1S/C45H62B2O10/c1-13-52-40(48)36-26-31(14-19-39(36)53-25-24-51-23-22-50-21-20-49-12)45(29-30(2)3)37-27-32(46-54-41(4,5)42(6,7)55-46)15-17-34(37)35-18-16-33(28-38(35)45)47-56-43(8,9)44(10,11)57-47/h14-19,26-28,30H,13,20-25,29H2,1-12H3. The molecule has 0 aromatic heterocycles. The molecule has 2 saturated heterocycles. The molecule has 3 aliphatic rings. The first-order chi connectivity index (χ1) is 26.9. The van der Waals surface area contributed by atoms with Gasteiger partial charge in [0.1, 0.15) is 17.9 Å². The van der Waals surface area contributed by atoms with E-state index in [4.69, 9.17) is 42.3 Å². The van der Waals surface area contributed by atoms with Crippen LogP contribution in [0.25, 0.3) is 11.1 Å². The molecule has 2 heterocycles. The third-order valence-electron chi connectivity index (χ3n) is 12.3. The van der Waals surface area contributed by atoms with Crippen LogP contribution in [0.1, 0.15) is 110 Å². The second-order valence-corrected chi connectivity index (χ2v) is 17.8. The Morgan fingerprint density at radius 1 is 0.649 bits per heavy atom. The molecule has 0 radical (unpaired) electrons. The molecule has 3 aromatic carbocycles. The van der Waals surface area contributed by atoms with Crippen LogP contribution >= 0.6 is 0 Å². The number of hydrogen-bond donors (Lipinski definition) is 0. The van der Waals surface area contributed by atoms with Gasteiger partial charge < -0.3 is 42.3 Å². The van der Waals surface area contributed by atoms with Crippen molar-refractivity contribution < 1.29 is 47.1 Å². The number of hydrogen-bond acceptors (Lipinski definition) is 10. The van der Waals surface area contributed by atoms with Crippen LogP contribution in [0.2, 0.25) is 0 Å². The van der Waals surface area contributed by atoms with Crippen molar-refractivity contribution >= 4 is 31.1 Å². The van der Waals surface area contributed by atoms with E-state index in [0.717, 1.165) is 45.2 Å². The molecule has 0 atom stereocenters. The molecule has 3 aromatic rings. The average molecular weight is 785 g/mol. The molecule has 0 spiro atoms. The second kappa shape index (κ2) is 16.8. The molecular weight excluding hydrogens is 722 g/mol. The largest absolute Gasteiger partial charge is 0.494 e. The molecule has 0 N–H and O–H groups in total. The Balaban J connectivity index is 1.45. The van der Waals surface area contributed by atoms with E-state index in [1.165, 1.54) is 0 Å². The highest BCUT2D eigenvalue weighted by Gasteiger charge is 2.54. The number of carbonyl (C=O) groups is 1. The Morgan fingerprint density at radius 2 is 1.12 bits per heavy atom. The van der Waals surface area contributed by atoms with Crippen LogP contribution < -0.4 is 15.7 Å². The zero-order valence-corrected chi connectivity index (χ0v) is 36.2. The Labute approximate surface area is 340 Å². The van der Waals surface area contributed by atoms with Gasteiger partial charge >= 0.3 is 20.2 Å². The van der Waals surface area contributed by atoms with Crippen LogP contribution in [-0.4, -0.2) is 96.0 Å². The van der Waals surface area contributed by atoms with Gasteiger partial charge in [0.15, 0.2) is 0 Å². The van der Waals surface area contributed by atoms with Crippen LogP contribution in [0, 0.1) is 5.92 Å². The monoisotopic (exact) mass is 784 g/mol. The highest BCUT2D eigenvalue weighted by molar-refractivity contribution is 6.62. The number of benzene rings is 3. The fourth-order valence-corrected chi connectivity index (χ4v) is 7.92. The fraction of sp³-hybridized carbons (Fsp3) is 0.578. The molecule has 10 nitrogen and oxygen atoms in total. The third kappa shape index (κ3) is 8.47. The predicted octanol–water partition coefficient (Wildman–Crippen LogP) is 6.88. The number of carbonyl (C=O) groups excluding carboxylic acids is 1. The van der Waals surface area contributed by atoms with E-state index >= 15 is 0 Å².